The number of ether oxygens (including phenoxy) is 2. The summed E-state index contributed by atoms with van der Waals surface area (Å²) in [5.41, 5.74) is -0.411. The zero-order valence-electron chi connectivity index (χ0n) is 21.8. The normalized spacial score (nSPS) is 25.4. The average Bonchev–Trinajstić information content (AvgIpc) is 3.50. The summed E-state index contributed by atoms with van der Waals surface area (Å²) < 4.78 is 107. The van der Waals surface area contributed by atoms with Crippen LogP contribution in [0.3, 0.4) is 0 Å². The molecular weight excluding hydrogens is 543 g/mol. The van der Waals surface area contributed by atoms with E-state index in [0.717, 1.165) is 11.3 Å². The van der Waals surface area contributed by atoms with Gasteiger partial charge in [-0.05, 0) is 72.7 Å². The lowest BCUT2D eigenvalue weighted by Crippen LogP contribution is -2.42. The molecule has 11 heteroatoms. The maximum Gasteiger partial charge on any atom is 0.416 e. The monoisotopic (exact) mass is 571 g/mol. The van der Waals surface area contributed by atoms with Crippen LogP contribution in [0.4, 0.5) is 30.7 Å². The summed E-state index contributed by atoms with van der Waals surface area (Å²) in [6.45, 7) is 4.27. The number of ketones is 1. The first-order valence-electron chi connectivity index (χ1n) is 13.0. The molecule has 0 N–H and O–H groups in total. The largest absolute Gasteiger partial charge is 0.416 e. The van der Waals surface area contributed by atoms with Crippen LogP contribution in [0.15, 0.2) is 42.1 Å². The average molecular weight is 572 g/mol. The third-order valence-electron chi connectivity index (χ3n) is 8.05. The molecule has 2 saturated heterocycles. The summed E-state index contributed by atoms with van der Waals surface area (Å²) in [4.78, 5) is 14.0. The summed E-state index contributed by atoms with van der Waals surface area (Å²) in [6, 6.07) is 4.46. The number of likely N-dealkylation sites (tertiary alicyclic amines) is 1. The molecule has 1 aliphatic carbocycles. The molecule has 2 aromatic carbocycles. The van der Waals surface area contributed by atoms with Crippen molar-refractivity contribution in [1.29, 1.82) is 0 Å². The Hall–Kier alpha value is -2.92. The van der Waals surface area contributed by atoms with Gasteiger partial charge in [0.05, 0.1) is 24.3 Å². The first-order valence-corrected chi connectivity index (χ1v) is 13.0. The number of halogens is 7. The molecule has 0 unspecified atom stereocenters. The van der Waals surface area contributed by atoms with Crippen LogP contribution in [0, 0.1) is 31.5 Å². The second-order valence-electron chi connectivity index (χ2n) is 10.8. The number of hydrogen-bond acceptors (Lipinski definition) is 4. The van der Waals surface area contributed by atoms with Gasteiger partial charge in [-0.3, -0.25) is 4.79 Å². The molecular formula is C29H28F7NO3. The highest BCUT2D eigenvalue weighted by molar-refractivity contribution is 5.92. The second-order valence-corrected chi connectivity index (χ2v) is 10.8. The number of fused-ring (bicyclic) bond motifs is 1. The maximum atomic E-state index is 14.3. The fourth-order valence-corrected chi connectivity index (χ4v) is 6.04. The van der Waals surface area contributed by atoms with E-state index < -0.39 is 48.1 Å². The van der Waals surface area contributed by atoms with Gasteiger partial charge in [0.2, 0.25) is 0 Å². The molecule has 3 aliphatic rings. The van der Waals surface area contributed by atoms with Crippen LogP contribution < -0.4 is 0 Å². The van der Waals surface area contributed by atoms with Crippen molar-refractivity contribution in [2.75, 3.05) is 19.7 Å². The minimum absolute atomic E-state index is 0.0385. The van der Waals surface area contributed by atoms with E-state index in [-0.39, 0.29) is 35.9 Å². The number of carbonyl (C=O) groups excluding carboxylic acids is 1. The Kier molecular flexibility index (Phi) is 7.50. The number of allylic oxidation sites excluding steroid dienone is 2. The SMILES string of the molecule is Cc1cc([C@@H]2[C@@H](OCc3cc(C(F)(F)F)cc(C(F)(F)F)c3)OC[C@@H]3CN(C4=CC(=O)CC4)C[C@H]32)c(C)cc1F. The van der Waals surface area contributed by atoms with Gasteiger partial charge < -0.3 is 14.4 Å². The lowest BCUT2D eigenvalue weighted by Gasteiger charge is -2.40. The van der Waals surface area contributed by atoms with E-state index in [2.05, 4.69) is 4.90 Å². The van der Waals surface area contributed by atoms with Crippen LogP contribution in [0.5, 0.6) is 0 Å². The highest BCUT2D eigenvalue weighted by atomic mass is 19.4. The van der Waals surface area contributed by atoms with Crippen LogP contribution in [0.2, 0.25) is 0 Å². The van der Waals surface area contributed by atoms with Gasteiger partial charge in [0.15, 0.2) is 12.1 Å². The number of benzene rings is 2. The van der Waals surface area contributed by atoms with Crippen molar-refractivity contribution in [3.05, 3.63) is 81.3 Å². The predicted octanol–water partition coefficient (Wildman–Crippen LogP) is 6.93. The molecule has 0 radical (unpaired) electrons. The zero-order chi connectivity index (χ0) is 29.0. The molecule has 2 aromatic rings. The molecule has 0 bridgehead atoms. The molecule has 2 heterocycles. The molecule has 40 heavy (non-hydrogen) atoms. The number of aryl methyl sites for hydroxylation is 2. The van der Waals surface area contributed by atoms with Gasteiger partial charge in [0.25, 0.3) is 0 Å². The maximum absolute atomic E-state index is 14.3. The van der Waals surface area contributed by atoms with Gasteiger partial charge >= 0.3 is 12.4 Å². The Balaban J connectivity index is 1.46. The first kappa shape index (κ1) is 28.6. The van der Waals surface area contributed by atoms with Crippen molar-refractivity contribution in [3.63, 3.8) is 0 Å². The molecule has 0 spiro atoms. The first-order chi connectivity index (χ1) is 18.7. The number of alkyl halides is 6. The summed E-state index contributed by atoms with van der Waals surface area (Å²) in [5.74, 6) is -0.821. The number of carbonyl (C=O) groups is 1. The quantitative estimate of drug-likeness (QED) is 0.365. The van der Waals surface area contributed by atoms with Gasteiger partial charge in [-0.25, -0.2) is 4.39 Å². The number of rotatable bonds is 5. The second kappa shape index (κ2) is 10.5. The van der Waals surface area contributed by atoms with Gasteiger partial charge in [-0.2, -0.15) is 26.3 Å². The fraction of sp³-hybridized carbons (Fsp3) is 0.483. The van der Waals surface area contributed by atoms with Crippen molar-refractivity contribution >= 4 is 5.78 Å². The third kappa shape index (κ3) is 5.76. The van der Waals surface area contributed by atoms with E-state index in [1.807, 2.05) is 0 Å². The number of hydrogen-bond donors (Lipinski definition) is 0. The van der Waals surface area contributed by atoms with E-state index in [4.69, 9.17) is 9.47 Å². The minimum Gasteiger partial charge on any atom is -0.374 e. The lowest BCUT2D eigenvalue weighted by atomic mass is 9.76. The molecule has 2 aliphatic heterocycles. The van der Waals surface area contributed by atoms with Crippen LogP contribution in [-0.4, -0.2) is 36.7 Å². The Morgan fingerprint density at radius 3 is 2.20 bits per heavy atom. The molecule has 216 valence electrons. The summed E-state index contributed by atoms with van der Waals surface area (Å²) in [5, 5.41) is 0. The standard InChI is InChI=1S/C29H28F7NO3/c1-15-6-25(30)16(2)5-23(15)26-24-12-37(21-3-4-22(38)10-21)11-18(24)14-40-27(26)39-13-17-7-19(28(31,32)33)9-20(8-17)29(34,35)36/h5-10,18,24,26-27H,3-4,11-14H2,1-2H3/t18-,24+,26-,27-/m0/s1. The summed E-state index contributed by atoms with van der Waals surface area (Å²) in [7, 11) is 0. The zero-order valence-corrected chi connectivity index (χ0v) is 21.8. The van der Waals surface area contributed by atoms with Crippen molar-refractivity contribution in [2.45, 2.75) is 57.9 Å². The van der Waals surface area contributed by atoms with Crippen molar-refractivity contribution in [2.24, 2.45) is 11.8 Å². The molecule has 0 amide bonds. The Bertz CT molecular complexity index is 1300. The molecule has 0 saturated carbocycles. The van der Waals surface area contributed by atoms with Crippen LogP contribution in [0.25, 0.3) is 0 Å². The van der Waals surface area contributed by atoms with Gasteiger partial charge in [-0.15, -0.1) is 0 Å². The highest BCUT2D eigenvalue weighted by Gasteiger charge is 2.48. The van der Waals surface area contributed by atoms with E-state index in [9.17, 15) is 35.5 Å². The Labute approximate surface area is 226 Å². The predicted molar refractivity (Wildman–Crippen MR) is 130 cm³/mol. The Morgan fingerprint density at radius 1 is 0.925 bits per heavy atom. The van der Waals surface area contributed by atoms with E-state index in [1.54, 1.807) is 26.0 Å². The summed E-state index contributed by atoms with van der Waals surface area (Å²) >= 11 is 0. The molecule has 4 nitrogen and oxygen atoms in total. The van der Waals surface area contributed by atoms with Crippen molar-refractivity contribution in [1.82, 2.24) is 4.90 Å². The van der Waals surface area contributed by atoms with Gasteiger partial charge in [0.1, 0.15) is 5.82 Å². The van der Waals surface area contributed by atoms with Crippen LogP contribution in [-0.2, 0) is 33.2 Å². The topological polar surface area (TPSA) is 38.8 Å². The van der Waals surface area contributed by atoms with Gasteiger partial charge in [-0.1, -0.05) is 6.07 Å². The van der Waals surface area contributed by atoms with E-state index in [0.29, 0.717) is 49.2 Å². The summed E-state index contributed by atoms with van der Waals surface area (Å²) in [6.07, 6.45) is -8.22. The smallest absolute Gasteiger partial charge is 0.374 e. The van der Waals surface area contributed by atoms with Crippen LogP contribution in [0.1, 0.15) is 52.1 Å². The third-order valence-corrected chi connectivity index (χ3v) is 8.05. The minimum atomic E-state index is -4.97. The Morgan fingerprint density at radius 2 is 1.60 bits per heavy atom. The molecule has 0 aromatic heterocycles. The van der Waals surface area contributed by atoms with E-state index >= 15 is 0 Å². The molecule has 5 rings (SSSR count). The molecule has 2 fully saturated rings. The van der Waals surface area contributed by atoms with E-state index in [1.165, 1.54) is 6.07 Å². The fourth-order valence-electron chi connectivity index (χ4n) is 6.04. The van der Waals surface area contributed by atoms with Crippen LogP contribution >= 0.6 is 0 Å². The lowest BCUT2D eigenvalue weighted by molar-refractivity contribution is -0.203. The highest BCUT2D eigenvalue weighted by Crippen LogP contribution is 2.46. The number of nitrogens with zero attached hydrogens (tertiary/aromatic N) is 1. The van der Waals surface area contributed by atoms with Crippen molar-refractivity contribution < 1.29 is 45.0 Å². The molecule has 4 atom stereocenters. The van der Waals surface area contributed by atoms with Crippen molar-refractivity contribution in [3.8, 4) is 0 Å². The van der Waals surface area contributed by atoms with Gasteiger partial charge in [0, 0.05) is 43.1 Å².